The van der Waals surface area contributed by atoms with Crippen molar-refractivity contribution in [2.45, 2.75) is 19.0 Å². The van der Waals surface area contributed by atoms with Gasteiger partial charge in [-0.3, -0.25) is 9.78 Å². The van der Waals surface area contributed by atoms with Crippen molar-refractivity contribution in [3.63, 3.8) is 0 Å². The normalized spacial score (nSPS) is 17.5. The van der Waals surface area contributed by atoms with Gasteiger partial charge in [0.15, 0.2) is 5.11 Å². The van der Waals surface area contributed by atoms with E-state index in [9.17, 15) is 9.59 Å². The second-order valence-electron chi connectivity index (χ2n) is 7.37. The lowest BCUT2D eigenvalue weighted by molar-refractivity contribution is -0.143. The van der Waals surface area contributed by atoms with Crippen molar-refractivity contribution >= 4 is 29.3 Å². The fourth-order valence-electron chi connectivity index (χ4n) is 4.06. The van der Waals surface area contributed by atoms with Gasteiger partial charge in [0.1, 0.15) is 6.54 Å². The topological polar surface area (TPSA) is 85.7 Å². The Morgan fingerprint density at radius 1 is 1.12 bits per heavy atom. The van der Waals surface area contributed by atoms with Gasteiger partial charge >= 0.3 is 11.9 Å². The minimum Gasteiger partial charge on any atom is -0.465 e. The van der Waals surface area contributed by atoms with Gasteiger partial charge in [0.25, 0.3) is 0 Å². The van der Waals surface area contributed by atoms with Gasteiger partial charge in [0, 0.05) is 18.1 Å². The van der Waals surface area contributed by atoms with Crippen LogP contribution < -0.4 is 5.32 Å². The summed E-state index contributed by atoms with van der Waals surface area (Å²) in [6.45, 7) is 2.03. The van der Waals surface area contributed by atoms with E-state index in [1.54, 1.807) is 30.2 Å². The van der Waals surface area contributed by atoms with Crippen molar-refractivity contribution < 1.29 is 19.1 Å². The van der Waals surface area contributed by atoms with Crippen LogP contribution in [0.2, 0.25) is 0 Å². The minimum absolute atomic E-state index is 0.0164. The van der Waals surface area contributed by atoms with E-state index in [0.717, 1.165) is 11.4 Å². The molecule has 2 aromatic heterocycles. The SMILES string of the molecule is CCOC(=O)CN1C(=S)N[C@@H](c2ccccn2)[C@@H]1c1cccn1-c1ccccc1C(=O)OC. The summed E-state index contributed by atoms with van der Waals surface area (Å²) < 4.78 is 12.1. The van der Waals surface area contributed by atoms with E-state index in [1.807, 2.05) is 53.2 Å². The van der Waals surface area contributed by atoms with E-state index in [1.165, 1.54) is 7.11 Å². The number of pyridine rings is 1. The van der Waals surface area contributed by atoms with Crippen LogP contribution in [0.3, 0.4) is 0 Å². The molecule has 0 saturated carbocycles. The fourth-order valence-corrected chi connectivity index (χ4v) is 4.37. The number of hydrogen-bond acceptors (Lipinski definition) is 6. The van der Waals surface area contributed by atoms with Crippen LogP contribution in [-0.2, 0) is 14.3 Å². The molecule has 0 aliphatic carbocycles. The third-order valence-electron chi connectivity index (χ3n) is 5.45. The van der Waals surface area contributed by atoms with Crippen molar-refractivity contribution in [1.29, 1.82) is 0 Å². The summed E-state index contributed by atoms with van der Waals surface area (Å²) in [5, 5.41) is 3.74. The van der Waals surface area contributed by atoms with Crippen LogP contribution in [0.25, 0.3) is 5.69 Å². The first-order valence-corrected chi connectivity index (χ1v) is 10.9. The molecule has 33 heavy (non-hydrogen) atoms. The average Bonchev–Trinajstić information content (AvgIpc) is 3.44. The zero-order chi connectivity index (χ0) is 23.4. The smallest absolute Gasteiger partial charge is 0.339 e. The van der Waals surface area contributed by atoms with Crippen molar-refractivity contribution in [1.82, 2.24) is 19.8 Å². The largest absolute Gasteiger partial charge is 0.465 e. The third-order valence-corrected chi connectivity index (χ3v) is 5.81. The maximum absolute atomic E-state index is 12.4. The van der Waals surface area contributed by atoms with E-state index in [4.69, 9.17) is 21.7 Å². The Bertz CT molecular complexity index is 1160. The number of ether oxygens (including phenoxy) is 2. The predicted octanol–water partition coefficient (Wildman–Crippen LogP) is 3.19. The zero-order valence-corrected chi connectivity index (χ0v) is 19.1. The van der Waals surface area contributed by atoms with E-state index >= 15 is 0 Å². The van der Waals surface area contributed by atoms with Crippen LogP contribution in [0.4, 0.5) is 0 Å². The second-order valence-corrected chi connectivity index (χ2v) is 7.76. The molecule has 1 fully saturated rings. The number of aromatic nitrogens is 2. The maximum atomic E-state index is 12.4. The highest BCUT2D eigenvalue weighted by Gasteiger charge is 2.42. The lowest BCUT2D eigenvalue weighted by atomic mass is 10.0. The van der Waals surface area contributed by atoms with Crippen molar-refractivity contribution in [2.75, 3.05) is 20.3 Å². The molecule has 170 valence electrons. The summed E-state index contributed by atoms with van der Waals surface area (Å²) >= 11 is 5.61. The minimum atomic E-state index is -0.435. The number of carbonyl (C=O) groups is 2. The number of para-hydroxylation sites is 1. The van der Waals surface area contributed by atoms with E-state index in [-0.39, 0.29) is 31.2 Å². The molecule has 0 bridgehead atoms. The molecule has 3 aromatic rings. The predicted molar refractivity (Wildman–Crippen MR) is 126 cm³/mol. The summed E-state index contributed by atoms with van der Waals surface area (Å²) in [7, 11) is 1.35. The molecule has 1 aromatic carbocycles. The van der Waals surface area contributed by atoms with Crippen molar-refractivity contribution in [3.8, 4) is 5.69 Å². The van der Waals surface area contributed by atoms with Gasteiger partial charge in [-0.15, -0.1) is 0 Å². The highest BCUT2D eigenvalue weighted by atomic mass is 32.1. The summed E-state index contributed by atoms with van der Waals surface area (Å²) in [6, 6.07) is 16.0. The number of nitrogens with zero attached hydrogens (tertiary/aromatic N) is 3. The summed E-state index contributed by atoms with van der Waals surface area (Å²) in [6.07, 6.45) is 3.59. The Morgan fingerprint density at radius 3 is 2.64 bits per heavy atom. The van der Waals surface area contributed by atoms with E-state index in [2.05, 4.69) is 10.3 Å². The first-order chi connectivity index (χ1) is 16.0. The van der Waals surface area contributed by atoms with Gasteiger partial charge in [-0.05, 0) is 55.5 Å². The molecule has 0 amide bonds. The second kappa shape index (κ2) is 9.83. The quantitative estimate of drug-likeness (QED) is 0.422. The molecule has 9 heteroatoms. The zero-order valence-electron chi connectivity index (χ0n) is 18.3. The summed E-state index contributed by atoms with van der Waals surface area (Å²) in [5.74, 6) is -0.809. The maximum Gasteiger partial charge on any atom is 0.339 e. The highest BCUT2D eigenvalue weighted by Crippen LogP contribution is 2.39. The number of benzene rings is 1. The highest BCUT2D eigenvalue weighted by molar-refractivity contribution is 7.80. The van der Waals surface area contributed by atoms with Gasteiger partial charge < -0.3 is 24.3 Å². The molecule has 0 radical (unpaired) electrons. The Labute approximate surface area is 197 Å². The number of carbonyl (C=O) groups excluding carboxylic acids is 2. The molecule has 2 atom stereocenters. The standard InChI is InChI=1S/C24H24N4O4S/c1-3-32-20(29)15-28-22(21(26-24(28)33)17-10-6-7-13-25-17)19-12-8-14-27(19)18-11-5-4-9-16(18)23(30)31-2/h4-14,21-22H,3,15H2,1-2H3,(H,26,33)/t21-,22-/m0/s1. The molecule has 8 nitrogen and oxygen atoms in total. The van der Waals surface area contributed by atoms with E-state index in [0.29, 0.717) is 16.4 Å². The Morgan fingerprint density at radius 2 is 1.91 bits per heavy atom. The molecule has 1 aliphatic heterocycles. The Kier molecular flexibility index (Phi) is 6.69. The van der Waals surface area contributed by atoms with Crippen LogP contribution in [-0.4, -0.2) is 51.8 Å². The number of nitrogens with one attached hydrogen (secondary N) is 1. The van der Waals surface area contributed by atoms with Crippen molar-refractivity contribution in [3.05, 3.63) is 83.9 Å². The van der Waals surface area contributed by atoms with Crippen LogP contribution in [0.5, 0.6) is 0 Å². The molecule has 4 rings (SSSR count). The lowest BCUT2D eigenvalue weighted by Gasteiger charge is -2.28. The molecule has 0 unspecified atom stereocenters. The Balaban J connectivity index is 1.82. The molecule has 3 heterocycles. The number of rotatable bonds is 7. The molecular formula is C24H24N4O4S. The molecule has 0 spiro atoms. The molecular weight excluding hydrogens is 440 g/mol. The van der Waals surface area contributed by atoms with Gasteiger partial charge in [0.05, 0.1) is 42.7 Å². The monoisotopic (exact) mass is 464 g/mol. The van der Waals surface area contributed by atoms with Crippen LogP contribution in [0.1, 0.15) is 40.8 Å². The van der Waals surface area contributed by atoms with Crippen LogP contribution in [0, 0.1) is 0 Å². The average molecular weight is 465 g/mol. The van der Waals surface area contributed by atoms with Crippen molar-refractivity contribution in [2.24, 2.45) is 0 Å². The van der Waals surface area contributed by atoms with Crippen LogP contribution >= 0.6 is 12.2 Å². The van der Waals surface area contributed by atoms with Gasteiger partial charge in [-0.1, -0.05) is 18.2 Å². The molecule has 1 N–H and O–H groups in total. The molecule has 1 saturated heterocycles. The third kappa shape index (κ3) is 4.45. The van der Waals surface area contributed by atoms with Gasteiger partial charge in [-0.25, -0.2) is 4.79 Å². The number of esters is 2. The summed E-state index contributed by atoms with van der Waals surface area (Å²) in [4.78, 5) is 31.2. The lowest BCUT2D eigenvalue weighted by Crippen LogP contribution is -2.36. The van der Waals surface area contributed by atoms with Gasteiger partial charge in [-0.2, -0.15) is 0 Å². The first kappa shape index (κ1) is 22.5. The van der Waals surface area contributed by atoms with Crippen LogP contribution in [0.15, 0.2) is 67.0 Å². The number of thiocarbonyl (C=S) groups is 1. The number of methoxy groups -OCH3 is 1. The first-order valence-electron chi connectivity index (χ1n) is 10.5. The number of hydrogen-bond donors (Lipinski definition) is 1. The fraction of sp³-hybridized carbons (Fsp3) is 0.250. The summed E-state index contributed by atoms with van der Waals surface area (Å²) in [5.41, 5.74) is 2.71. The Hall–Kier alpha value is -3.72. The molecule has 1 aliphatic rings. The van der Waals surface area contributed by atoms with E-state index < -0.39 is 5.97 Å². The van der Waals surface area contributed by atoms with Gasteiger partial charge in [0.2, 0.25) is 0 Å².